The number of hydrogen-bond acceptors (Lipinski definition) is 6. The molecule has 1 heterocycles. The van der Waals surface area contributed by atoms with E-state index in [2.05, 4.69) is 36.8 Å². The van der Waals surface area contributed by atoms with Gasteiger partial charge in [-0.15, -0.1) is 10.2 Å². The number of methoxy groups -OCH3 is 1. The van der Waals surface area contributed by atoms with Crippen molar-refractivity contribution in [2.24, 2.45) is 5.92 Å². The highest BCUT2D eigenvalue weighted by atomic mass is 79.9. The van der Waals surface area contributed by atoms with Crippen molar-refractivity contribution in [2.45, 2.75) is 38.5 Å². The number of amides is 2. The van der Waals surface area contributed by atoms with Crippen molar-refractivity contribution in [3.05, 3.63) is 64.4 Å². The summed E-state index contributed by atoms with van der Waals surface area (Å²) < 4.78 is 8.05. The van der Waals surface area contributed by atoms with Crippen LogP contribution in [0.3, 0.4) is 0 Å². The van der Waals surface area contributed by atoms with E-state index in [1.807, 2.05) is 49.6 Å². The van der Waals surface area contributed by atoms with Crippen LogP contribution in [-0.2, 0) is 11.3 Å². The van der Waals surface area contributed by atoms with Crippen LogP contribution in [0.25, 0.3) is 0 Å². The van der Waals surface area contributed by atoms with Crippen LogP contribution in [0.15, 0.2) is 58.2 Å². The number of carbonyl (C=O) groups is 2. The zero-order valence-electron chi connectivity index (χ0n) is 19.5. The first kappa shape index (κ1) is 25.8. The maximum atomic E-state index is 12.9. The molecule has 0 unspecified atom stereocenters. The van der Waals surface area contributed by atoms with Gasteiger partial charge in [0.15, 0.2) is 11.0 Å². The summed E-state index contributed by atoms with van der Waals surface area (Å²) in [6, 6.07) is 14.0. The number of thioether (sulfide) groups is 1. The van der Waals surface area contributed by atoms with E-state index in [9.17, 15) is 9.59 Å². The fourth-order valence-electron chi connectivity index (χ4n) is 3.29. The molecule has 34 heavy (non-hydrogen) atoms. The van der Waals surface area contributed by atoms with Crippen molar-refractivity contribution in [1.82, 2.24) is 20.1 Å². The number of anilines is 1. The first-order chi connectivity index (χ1) is 16.3. The van der Waals surface area contributed by atoms with Gasteiger partial charge in [-0.2, -0.15) is 0 Å². The van der Waals surface area contributed by atoms with E-state index in [0.717, 1.165) is 10.2 Å². The third-order valence-corrected chi connectivity index (χ3v) is 6.60. The van der Waals surface area contributed by atoms with Crippen molar-refractivity contribution in [2.75, 3.05) is 18.2 Å². The van der Waals surface area contributed by atoms with Crippen molar-refractivity contribution >= 4 is 45.2 Å². The second-order valence-corrected chi connectivity index (χ2v) is 9.71. The van der Waals surface area contributed by atoms with Gasteiger partial charge in [0.2, 0.25) is 5.91 Å². The monoisotopic (exact) mass is 545 g/mol. The van der Waals surface area contributed by atoms with Gasteiger partial charge >= 0.3 is 0 Å². The minimum Gasteiger partial charge on any atom is -0.497 e. The van der Waals surface area contributed by atoms with E-state index in [0.29, 0.717) is 28.8 Å². The van der Waals surface area contributed by atoms with Gasteiger partial charge in [-0.1, -0.05) is 41.5 Å². The zero-order valence-corrected chi connectivity index (χ0v) is 21.9. The van der Waals surface area contributed by atoms with Crippen LogP contribution < -0.4 is 15.4 Å². The van der Waals surface area contributed by atoms with E-state index in [-0.39, 0.29) is 29.5 Å². The fourth-order valence-corrected chi connectivity index (χ4v) is 4.36. The van der Waals surface area contributed by atoms with Gasteiger partial charge in [-0.3, -0.25) is 9.59 Å². The third-order valence-electron chi connectivity index (χ3n) is 5.11. The summed E-state index contributed by atoms with van der Waals surface area (Å²) in [5.41, 5.74) is 1.26. The molecule has 2 aromatic carbocycles. The summed E-state index contributed by atoms with van der Waals surface area (Å²) in [7, 11) is 1.58. The molecule has 0 spiro atoms. The van der Waals surface area contributed by atoms with E-state index >= 15 is 0 Å². The third kappa shape index (κ3) is 6.60. The lowest BCUT2D eigenvalue weighted by molar-refractivity contribution is -0.113. The molecule has 0 saturated heterocycles. The Morgan fingerprint density at radius 3 is 2.35 bits per heavy atom. The first-order valence-electron chi connectivity index (χ1n) is 10.9. The van der Waals surface area contributed by atoms with E-state index in [4.69, 9.17) is 4.74 Å². The molecule has 2 amide bonds. The molecule has 0 saturated carbocycles. The topological polar surface area (TPSA) is 98.1 Å². The molecule has 0 aliphatic heterocycles. The standard InChI is InChI=1S/C24H28BrN5O3S/c1-5-30-22(21(15(2)3)27-23(32)16-6-12-19(33-4)13-7-16)28-29-24(30)34-14-20(31)26-18-10-8-17(25)9-11-18/h6-13,15,21H,5,14H2,1-4H3,(H,26,31)(H,27,32)/t21-/m1/s1. The Morgan fingerprint density at radius 1 is 1.09 bits per heavy atom. The first-order valence-corrected chi connectivity index (χ1v) is 12.7. The molecule has 0 fully saturated rings. The van der Waals surface area contributed by atoms with Crippen molar-refractivity contribution < 1.29 is 14.3 Å². The second-order valence-electron chi connectivity index (χ2n) is 7.85. The molecule has 180 valence electrons. The molecule has 0 radical (unpaired) electrons. The molecule has 0 bridgehead atoms. The summed E-state index contributed by atoms with van der Waals surface area (Å²) in [6.45, 7) is 6.64. The number of halogens is 1. The maximum Gasteiger partial charge on any atom is 0.251 e. The van der Waals surface area contributed by atoms with Crippen molar-refractivity contribution in [1.29, 1.82) is 0 Å². The molecular weight excluding hydrogens is 518 g/mol. The largest absolute Gasteiger partial charge is 0.497 e. The highest BCUT2D eigenvalue weighted by Crippen LogP contribution is 2.26. The Hall–Kier alpha value is -2.85. The molecule has 0 aliphatic rings. The Balaban J connectivity index is 1.69. The Labute approximate surface area is 212 Å². The summed E-state index contributed by atoms with van der Waals surface area (Å²) in [4.78, 5) is 25.3. The Morgan fingerprint density at radius 2 is 1.76 bits per heavy atom. The SMILES string of the molecule is CCn1c(SCC(=O)Nc2ccc(Br)cc2)nnc1[C@H](NC(=O)c1ccc(OC)cc1)C(C)C. The van der Waals surface area contributed by atoms with Crippen LogP contribution in [0.4, 0.5) is 5.69 Å². The smallest absolute Gasteiger partial charge is 0.251 e. The van der Waals surface area contributed by atoms with Crippen LogP contribution in [0.2, 0.25) is 0 Å². The number of nitrogens with zero attached hydrogens (tertiary/aromatic N) is 3. The molecule has 8 nitrogen and oxygen atoms in total. The Bertz CT molecular complexity index is 1120. The average molecular weight is 546 g/mol. The number of ether oxygens (including phenoxy) is 1. The van der Waals surface area contributed by atoms with E-state index in [1.54, 1.807) is 31.4 Å². The number of nitrogens with one attached hydrogen (secondary N) is 2. The van der Waals surface area contributed by atoms with Crippen LogP contribution >= 0.6 is 27.7 Å². The summed E-state index contributed by atoms with van der Waals surface area (Å²) in [6.07, 6.45) is 0. The van der Waals surface area contributed by atoms with Gasteiger partial charge in [0.1, 0.15) is 5.75 Å². The summed E-state index contributed by atoms with van der Waals surface area (Å²) >= 11 is 4.69. The summed E-state index contributed by atoms with van der Waals surface area (Å²) in [5, 5.41) is 15.3. The lowest BCUT2D eigenvalue weighted by Gasteiger charge is -2.22. The number of rotatable bonds is 10. The fraction of sp³-hybridized carbons (Fsp3) is 0.333. The minimum absolute atomic E-state index is 0.0789. The van der Waals surface area contributed by atoms with Crippen LogP contribution in [0.5, 0.6) is 5.75 Å². The molecule has 1 atom stereocenters. The van der Waals surface area contributed by atoms with E-state index in [1.165, 1.54) is 11.8 Å². The molecule has 3 rings (SSSR count). The molecule has 0 aliphatic carbocycles. The molecular formula is C24H28BrN5O3S. The van der Waals surface area contributed by atoms with Crippen LogP contribution in [0, 0.1) is 5.92 Å². The van der Waals surface area contributed by atoms with Gasteiger partial charge < -0.3 is 19.9 Å². The van der Waals surface area contributed by atoms with Gasteiger partial charge in [-0.25, -0.2) is 0 Å². The van der Waals surface area contributed by atoms with Crippen LogP contribution in [-0.4, -0.2) is 39.4 Å². The molecule has 2 N–H and O–H groups in total. The normalized spacial score (nSPS) is 11.8. The summed E-state index contributed by atoms with van der Waals surface area (Å²) in [5.74, 6) is 1.29. The van der Waals surface area contributed by atoms with Gasteiger partial charge in [0.05, 0.1) is 18.9 Å². The lowest BCUT2D eigenvalue weighted by atomic mass is 10.0. The average Bonchev–Trinajstić information content (AvgIpc) is 3.24. The number of carbonyl (C=O) groups excluding carboxylic acids is 2. The van der Waals surface area contributed by atoms with Crippen molar-refractivity contribution in [3.63, 3.8) is 0 Å². The quantitative estimate of drug-likeness (QED) is 0.350. The van der Waals surface area contributed by atoms with Crippen molar-refractivity contribution in [3.8, 4) is 5.75 Å². The number of hydrogen-bond donors (Lipinski definition) is 2. The Kier molecular flexibility index (Phi) is 9.12. The zero-order chi connectivity index (χ0) is 24.7. The van der Waals surface area contributed by atoms with Gasteiger partial charge in [0.25, 0.3) is 5.91 Å². The predicted octanol–water partition coefficient (Wildman–Crippen LogP) is 4.93. The van der Waals surface area contributed by atoms with E-state index < -0.39 is 0 Å². The predicted molar refractivity (Wildman–Crippen MR) is 137 cm³/mol. The van der Waals surface area contributed by atoms with Crippen LogP contribution in [0.1, 0.15) is 43.0 Å². The molecule has 3 aromatic rings. The molecule has 10 heteroatoms. The van der Waals surface area contributed by atoms with Gasteiger partial charge in [0, 0.05) is 22.3 Å². The maximum absolute atomic E-state index is 12.9. The molecule has 1 aromatic heterocycles. The second kappa shape index (κ2) is 12.0. The number of aromatic nitrogens is 3. The minimum atomic E-state index is -0.340. The van der Waals surface area contributed by atoms with Gasteiger partial charge in [-0.05, 0) is 61.4 Å². The number of benzene rings is 2. The highest BCUT2D eigenvalue weighted by molar-refractivity contribution is 9.10. The lowest BCUT2D eigenvalue weighted by Crippen LogP contribution is -2.33. The highest BCUT2D eigenvalue weighted by Gasteiger charge is 2.26.